The van der Waals surface area contributed by atoms with Crippen molar-refractivity contribution in [3.8, 4) is 5.75 Å². The SMILES string of the molecule is CCC(C)NC(=O)CCNCc1cccc(NC(=O)c2ccc(OC)cc2)c1. The summed E-state index contributed by atoms with van der Waals surface area (Å²) in [6.45, 7) is 5.27. The standard InChI is InChI=1S/C22H29N3O3/c1-4-16(2)24-21(26)12-13-23-15-17-6-5-7-19(14-17)25-22(27)18-8-10-20(28-3)11-9-18/h5-11,14,16,23H,4,12-13,15H2,1-3H3,(H,24,26)(H,25,27). The third kappa shape index (κ3) is 7.04. The molecule has 0 radical (unpaired) electrons. The van der Waals surface area contributed by atoms with Crippen molar-refractivity contribution >= 4 is 17.5 Å². The number of ether oxygens (including phenoxy) is 1. The normalized spacial score (nSPS) is 11.5. The lowest BCUT2D eigenvalue weighted by molar-refractivity contribution is -0.121. The van der Waals surface area contributed by atoms with Crippen LogP contribution in [-0.2, 0) is 11.3 Å². The van der Waals surface area contributed by atoms with Crippen molar-refractivity contribution in [2.75, 3.05) is 19.0 Å². The van der Waals surface area contributed by atoms with Gasteiger partial charge in [0.15, 0.2) is 0 Å². The molecule has 0 bridgehead atoms. The summed E-state index contributed by atoms with van der Waals surface area (Å²) in [5, 5.41) is 9.11. The molecule has 150 valence electrons. The summed E-state index contributed by atoms with van der Waals surface area (Å²) in [4.78, 5) is 24.1. The molecule has 0 saturated heterocycles. The minimum atomic E-state index is -0.172. The van der Waals surface area contributed by atoms with E-state index in [1.165, 1.54) is 0 Å². The van der Waals surface area contributed by atoms with Gasteiger partial charge in [0.05, 0.1) is 7.11 Å². The average molecular weight is 383 g/mol. The second kappa shape index (κ2) is 11.1. The van der Waals surface area contributed by atoms with E-state index in [1.54, 1.807) is 31.4 Å². The predicted octanol–water partition coefficient (Wildman–Crippen LogP) is 3.34. The third-order valence-electron chi connectivity index (χ3n) is 4.41. The van der Waals surface area contributed by atoms with E-state index in [0.717, 1.165) is 17.7 Å². The lowest BCUT2D eigenvalue weighted by Crippen LogP contribution is -2.33. The van der Waals surface area contributed by atoms with Gasteiger partial charge in [-0.15, -0.1) is 0 Å². The summed E-state index contributed by atoms with van der Waals surface area (Å²) in [7, 11) is 1.59. The molecule has 0 saturated carbocycles. The highest BCUT2D eigenvalue weighted by Gasteiger charge is 2.07. The molecule has 1 atom stereocenters. The maximum Gasteiger partial charge on any atom is 0.255 e. The van der Waals surface area contributed by atoms with E-state index in [2.05, 4.69) is 16.0 Å². The molecule has 3 N–H and O–H groups in total. The van der Waals surface area contributed by atoms with Gasteiger partial charge in [0.1, 0.15) is 5.75 Å². The Morgan fingerprint density at radius 2 is 1.86 bits per heavy atom. The van der Waals surface area contributed by atoms with Crippen LogP contribution in [0.5, 0.6) is 5.75 Å². The second-order valence-electron chi connectivity index (χ2n) is 6.69. The fraction of sp³-hybridized carbons (Fsp3) is 0.364. The van der Waals surface area contributed by atoms with E-state index in [4.69, 9.17) is 4.74 Å². The lowest BCUT2D eigenvalue weighted by atomic mass is 10.1. The summed E-state index contributed by atoms with van der Waals surface area (Å²) in [5.74, 6) is 0.597. The molecule has 2 aromatic rings. The van der Waals surface area contributed by atoms with E-state index in [9.17, 15) is 9.59 Å². The van der Waals surface area contributed by atoms with Crippen molar-refractivity contribution in [3.05, 3.63) is 59.7 Å². The number of rotatable bonds is 10. The average Bonchev–Trinajstić information content (AvgIpc) is 2.71. The Labute approximate surface area is 166 Å². The summed E-state index contributed by atoms with van der Waals surface area (Å²) < 4.78 is 5.11. The van der Waals surface area contributed by atoms with Crippen molar-refractivity contribution < 1.29 is 14.3 Å². The first-order valence-corrected chi connectivity index (χ1v) is 9.56. The Morgan fingerprint density at radius 1 is 1.11 bits per heavy atom. The van der Waals surface area contributed by atoms with Crippen molar-refractivity contribution in [2.45, 2.75) is 39.3 Å². The Kier molecular flexibility index (Phi) is 8.49. The fourth-order valence-electron chi connectivity index (χ4n) is 2.59. The van der Waals surface area contributed by atoms with Gasteiger partial charge in [0.2, 0.25) is 5.91 Å². The number of carbonyl (C=O) groups is 2. The Balaban J connectivity index is 1.81. The van der Waals surface area contributed by atoms with Gasteiger partial charge in [-0.1, -0.05) is 19.1 Å². The van der Waals surface area contributed by atoms with Crippen LogP contribution in [0.4, 0.5) is 5.69 Å². The van der Waals surface area contributed by atoms with Gasteiger partial charge >= 0.3 is 0 Å². The largest absolute Gasteiger partial charge is 0.497 e. The van der Waals surface area contributed by atoms with Crippen LogP contribution in [0, 0.1) is 0 Å². The van der Waals surface area contributed by atoms with Crippen molar-refractivity contribution in [1.82, 2.24) is 10.6 Å². The van der Waals surface area contributed by atoms with Crippen LogP contribution in [0.3, 0.4) is 0 Å². The zero-order valence-electron chi connectivity index (χ0n) is 16.7. The Bertz CT molecular complexity index is 775. The molecule has 2 amide bonds. The van der Waals surface area contributed by atoms with Gasteiger partial charge < -0.3 is 20.7 Å². The molecular formula is C22H29N3O3. The zero-order valence-corrected chi connectivity index (χ0v) is 16.7. The number of methoxy groups -OCH3 is 1. The summed E-state index contributed by atoms with van der Waals surface area (Å²) in [6, 6.07) is 14.8. The van der Waals surface area contributed by atoms with Crippen LogP contribution in [0.25, 0.3) is 0 Å². The molecule has 0 aliphatic rings. The fourth-order valence-corrected chi connectivity index (χ4v) is 2.59. The first-order valence-electron chi connectivity index (χ1n) is 9.56. The number of anilines is 1. The summed E-state index contributed by atoms with van der Waals surface area (Å²) >= 11 is 0. The van der Waals surface area contributed by atoms with Crippen LogP contribution in [-0.4, -0.2) is 31.5 Å². The first-order chi connectivity index (χ1) is 13.5. The molecule has 0 fully saturated rings. The highest BCUT2D eigenvalue weighted by Crippen LogP contribution is 2.15. The monoisotopic (exact) mass is 383 g/mol. The molecule has 0 heterocycles. The van der Waals surface area contributed by atoms with E-state index in [1.807, 2.05) is 38.1 Å². The molecule has 6 heteroatoms. The van der Waals surface area contributed by atoms with Gasteiger partial charge in [-0.2, -0.15) is 0 Å². The van der Waals surface area contributed by atoms with Gasteiger partial charge in [-0.25, -0.2) is 0 Å². The van der Waals surface area contributed by atoms with Crippen molar-refractivity contribution in [1.29, 1.82) is 0 Å². The molecule has 2 rings (SSSR count). The van der Waals surface area contributed by atoms with E-state index < -0.39 is 0 Å². The highest BCUT2D eigenvalue weighted by atomic mass is 16.5. The molecule has 0 aliphatic carbocycles. The van der Waals surface area contributed by atoms with E-state index >= 15 is 0 Å². The number of amides is 2. The lowest BCUT2D eigenvalue weighted by Gasteiger charge is -2.12. The minimum absolute atomic E-state index is 0.0577. The summed E-state index contributed by atoms with van der Waals surface area (Å²) in [6.07, 6.45) is 1.37. The van der Waals surface area contributed by atoms with Crippen LogP contribution in [0.2, 0.25) is 0 Å². The van der Waals surface area contributed by atoms with Crippen LogP contribution < -0.4 is 20.7 Å². The molecule has 0 aromatic heterocycles. The second-order valence-corrected chi connectivity index (χ2v) is 6.69. The van der Waals surface area contributed by atoms with E-state index in [-0.39, 0.29) is 17.9 Å². The smallest absolute Gasteiger partial charge is 0.255 e. The molecular weight excluding hydrogens is 354 g/mol. The first kappa shape index (κ1) is 21.4. The molecule has 0 spiro atoms. The van der Waals surface area contributed by atoms with Crippen molar-refractivity contribution in [3.63, 3.8) is 0 Å². The van der Waals surface area contributed by atoms with E-state index in [0.29, 0.717) is 30.8 Å². The maximum atomic E-state index is 12.4. The van der Waals surface area contributed by atoms with Gasteiger partial charge in [-0.05, 0) is 55.3 Å². The van der Waals surface area contributed by atoms with Gasteiger partial charge in [0, 0.05) is 36.8 Å². The molecule has 28 heavy (non-hydrogen) atoms. The third-order valence-corrected chi connectivity index (χ3v) is 4.41. The topological polar surface area (TPSA) is 79.5 Å². The van der Waals surface area contributed by atoms with Crippen LogP contribution >= 0.6 is 0 Å². The zero-order chi connectivity index (χ0) is 20.4. The number of hydrogen-bond donors (Lipinski definition) is 3. The molecule has 0 aliphatic heterocycles. The number of nitrogens with one attached hydrogen (secondary N) is 3. The quantitative estimate of drug-likeness (QED) is 0.550. The van der Waals surface area contributed by atoms with Crippen LogP contribution in [0.1, 0.15) is 42.6 Å². The Hall–Kier alpha value is -2.86. The number of hydrogen-bond acceptors (Lipinski definition) is 4. The minimum Gasteiger partial charge on any atom is -0.497 e. The maximum absolute atomic E-state index is 12.4. The van der Waals surface area contributed by atoms with Gasteiger partial charge in [-0.3, -0.25) is 9.59 Å². The van der Waals surface area contributed by atoms with Crippen molar-refractivity contribution in [2.24, 2.45) is 0 Å². The Morgan fingerprint density at radius 3 is 2.54 bits per heavy atom. The highest BCUT2D eigenvalue weighted by molar-refractivity contribution is 6.04. The summed E-state index contributed by atoms with van der Waals surface area (Å²) in [5.41, 5.74) is 2.33. The van der Waals surface area contributed by atoms with Crippen LogP contribution in [0.15, 0.2) is 48.5 Å². The predicted molar refractivity (Wildman–Crippen MR) is 112 cm³/mol. The molecule has 6 nitrogen and oxygen atoms in total. The number of carbonyl (C=O) groups excluding carboxylic acids is 2. The van der Waals surface area contributed by atoms with Gasteiger partial charge in [0.25, 0.3) is 5.91 Å². The molecule has 2 aromatic carbocycles. The number of benzene rings is 2. The molecule has 1 unspecified atom stereocenters.